The molecule has 0 aliphatic heterocycles. The number of ether oxygens (including phenoxy) is 3. The Morgan fingerprint density at radius 2 is 1.56 bits per heavy atom. The molecular formula is C9H20O7. The van der Waals surface area contributed by atoms with Crippen molar-refractivity contribution in [2.45, 2.75) is 0 Å². The Kier molecular flexibility index (Phi) is 18.4. The molecule has 0 aromatic heterocycles. The fourth-order valence-electron chi connectivity index (χ4n) is 0.533. The molecule has 0 aliphatic rings. The van der Waals surface area contributed by atoms with Gasteiger partial charge < -0.3 is 29.5 Å². The van der Waals surface area contributed by atoms with Crippen molar-refractivity contribution in [3.63, 3.8) is 0 Å². The second-order valence-electron chi connectivity index (χ2n) is 2.50. The van der Waals surface area contributed by atoms with E-state index in [0.717, 1.165) is 0 Å². The van der Waals surface area contributed by atoms with E-state index in [1.165, 1.54) is 7.11 Å². The minimum atomic E-state index is -0.953. The highest BCUT2D eigenvalue weighted by atomic mass is 16.5. The molecule has 7 heteroatoms. The van der Waals surface area contributed by atoms with Gasteiger partial charge in [0.1, 0.15) is 6.61 Å². The maximum atomic E-state index is 9.80. The number of aliphatic hydroxyl groups excluding tert-OH is 2. The molecule has 98 valence electrons. The fraction of sp³-hybridized carbons (Fsp3) is 0.889. The first-order valence-electron chi connectivity index (χ1n) is 4.77. The van der Waals surface area contributed by atoms with E-state index in [0.29, 0.717) is 26.4 Å². The van der Waals surface area contributed by atoms with Crippen molar-refractivity contribution in [3.8, 4) is 0 Å². The lowest BCUT2D eigenvalue weighted by atomic mass is 10.7. The number of carboxylic acid groups (broad SMARTS) is 1. The Labute approximate surface area is 94.5 Å². The van der Waals surface area contributed by atoms with Gasteiger partial charge in [-0.15, -0.1) is 0 Å². The first-order valence-corrected chi connectivity index (χ1v) is 4.77. The van der Waals surface area contributed by atoms with Gasteiger partial charge in [0, 0.05) is 7.11 Å². The van der Waals surface area contributed by atoms with E-state index < -0.39 is 5.97 Å². The highest BCUT2D eigenvalue weighted by Gasteiger charge is 1.93. The average molecular weight is 240 g/mol. The monoisotopic (exact) mass is 240 g/mol. The van der Waals surface area contributed by atoms with Crippen LogP contribution in [0.15, 0.2) is 0 Å². The third kappa shape index (κ3) is 23.2. The first-order chi connectivity index (χ1) is 7.68. The van der Waals surface area contributed by atoms with Crippen LogP contribution >= 0.6 is 0 Å². The molecule has 7 nitrogen and oxygen atoms in total. The largest absolute Gasteiger partial charge is 0.480 e. The van der Waals surface area contributed by atoms with Gasteiger partial charge in [0.2, 0.25) is 0 Å². The van der Waals surface area contributed by atoms with Gasteiger partial charge in [-0.2, -0.15) is 0 Å². The Morgan fingerprint density at radius 3 is 1.94 bits per heavy atom. The molecule has 3 N–H and O–H groups in total. The average Bonchev–Trinajstić information content (AvgIpc) is 2.26. The summed E-state index contributed by atoms with van der Waals surface area (Å²) < 4.78 is 13.8. The van der Waals surface area contributed by atoms with Crippen LogP contribution in [0.1, 0.15) is 0 Å². The van der Waals surface area contributed by atoms with Crippen molar-refractivity contribution in [3.05, 3.63) is 0 Å². The summed E-state index contributed by atoms with van der Waals surface area (Å²) in [5.74, 6) is -0.953. The summed E-state index contributed by atoms with van der Waals surface area (Å²) in [4.78, 5) is 9.80. The lowest BCUT2D eigenvalue weighted by Crippen LogP contribution is -2.10. The molecule has 0 heterocycles. The molecular weight excluding hydrogens is 220 g/mol. The smallest absolute Gasteiger partial charge is 0.329 e. The van der Waals surface area contributed by atoms with Crippen molar-refractivity contribution in [1.29, 1.82) is 0 Å². The number of carbonyl (C=O) groups is 1. The molecule has 0 rings (SSSR count). The zero-order valence-corrected chi connectivity index (χ0v) is 9.42. The maximum Gasteiger partial charge on any atom is 0.329 e. The van der Waals surface area contributed by atoms with Crippen LogP contribution in [0.5, 0.6) is 0 Å². The van der Waals surface area contributed by atoms with Gasteiger partial charge in [-0.1, -0.05) is 0 Å². The fourth-order valence-corrected chi connectivity index (χ4v) is 0.533. The highest BCUT2D eigenvalue weighted by molar-refractivity contribution is 5.67. The number of aliphatic hydroxyl groups is 2. The van der Waals surface area contributed by atoms with Crippen LogP contribution < -0.4 is 0 Å². The van der Waals surface area contributed by atoms with E-state index >= 15 is 0 Å². The number of methoxy groups -OCH3 is 1. The predicted octanol–water partition coefficient (Wildman–Crippen LogP) is -1.28. The Bertz CT molecular complexity index is 136. The van der Waals surface area contributed by atoms with Gasteiger partial charge in [-0.25, -0.2) is 4.79 Å². The van der Waals surface area contributed by atoms with E-state index in [-0.39, 0.29) is 19.8 Å². The number of hydrogen-bond acceptors (Lipinski definition) is 6. The van der Waals surface area contributed by atoms with Crippen LogP contribution in [-0.4, -0.2) is 74.6 Å². The number of carboxylic acids is 1. The van der Waals surface area contributed by atoms with Crippen LogP contribution in [0.25, 0.3) is 0 Å². The van der Waals surface area contributed by atoms with Crippen molar-refractivity contribution in [1.82, 2.24) is 0 Å². The number of rotatable bonds is 9. The molecule has 16 heavy (non-hydrogen) atoms. The lowest BCUT2D eigenvalue weighted by Gasteiger charge is -1.97. The van der Waals surface area contributed by atoms with Crippen molar-refractivity contribution >= 4 is 5.97 Å². The summed E-state index contributed by atoms with van der Waals surface area (Å²) in [5.41, 5.74) is 0. The molecule has 0 bridgehead atoms. The number of hydrogen-bond donors (Lipinski definition) is 3. The lowest BCUT2D eigenvalue weighted by molar-refractivity contribution is -0.142. The summed E-state index contributed by atoms with van der Waals surface area (Å²) >= 11 is 0. The topological polar surface area (TPSA) is 105 Å². The molecule has 0 saturated heterocycles. The maximum absolute atomic E-state index is 9.80. The van der Waals surface area contributed by atoms with Crippen molar-refractivity contribution in [2.24, 2.45) is 0 Å². The summed E-state index contributed by atoms with van der Waals surface area (Å²) in [5, 5.41) is 24.2. The molecule has 0 unspecified atom stereocenters. The summed E-state index contributed by atoms with van der Waals surface area (Å²) in [6.45, 7) is 1.22. The van der Waals surface area contributed by atoms with Gasteiger partial charge in [-0.05, 0) is 0 Å². The van der Waals surface area contributed by atoms with Gasteiger partial charge in [0.15, 0.2) is 0 Å². The molecule has 0 spiro atoms. The van der Waals surface area contributed by atoms with Crippen molar-refractivity contribution in [2.75, 3.05) is 53.4 Å². The summed E-state index contributed by atoms with van der Waals surface area (Å²) in [6, 6.07) is 0. The van der Waals surface area contributed by atoms with Crippen LogP contribution in [0.3, 0.4) is 0 Å². The second-order valence-corrected chi connectivity index (χ2v) is 2.50. The number of aliphatic carboxylic acids is 1. The highest BCUT2D eigenvalue weighted by Crippen LogP contribution is 1.74. The van der Waals surface area contributed by atoms with Crippen LogP contribution in [-0.2, 0) is 19.0 Å². The van der Waals surface area contributed by atoms with E-state index in [9.17, 15) is 4.79 Å². The Morgan fingerprint density at radius 1 is 1.00 bits per heavy atom. The minimum Gasteiger partial charge on any atom is -0.480 e. The van der Waals surface area contributed by atoms with Gasteiger partial charge in [0.25, 0.3) is 0 Å². The van der Waals surface area contributed by atoms with E-state index in [1.807, 2.05) is 0 Å². The zero-order chi connectivity index (χ0) is 12.6. The summed E-state index contributed by atoms with van der Waals surface area (Å²) in [6.07, 6.45) is 0. The molecule has 0 aliphatic carbocycles. The third-order valence-electron chi connectivity index (χ3n) is 1.13. The quantitative estimate of drug-likeness (QED) is 0.431. The Hall–Kier alpha value is -0.730. The Balaban J connectivity index is 0. The molecule has 0 fully saturated rings. The first kappa shape index (κ1) is 17.7. The molecule has 0 atom stereocenters. The van der Waals surface area contributed by atoms with Gasteiger partial charge >= 0.3 is 5.97 Å². The molecule has 0 aromatic rings. The SMILES string of the molecule is COCCOCC(=O)O.OCCOCCO. The third-order valence-corrected chi connectivity index (χ3v) is 1.13. The molecule has 0 saturated carbocycles. The standard InChI is InChI=1S/C5H10O4.C4H10O3/c1-8-2-3-9-4-5(6)7;5-1-3-7-4-2-6/h2-4H2,1H3,(H,6,7);5-6H,1-4H2. The molecule has 0 aromatic carbocycles. The van der Waals surface area contributed by atoms with E-state index in [1.54, 1.807) is 0 Å². The van der Waals surface area contributed by atoms with Crippen LogP contribution in [0.2, 0.25) is 0 Å². The van der Waals surface area contributed by atoms with Crippen molar-refractivity contribution < 1.29 is 34.3 Å². The van der Waals surface area contributed by atoms with E-state index in [2.05, 4.69) is 14.2 Å². The summed E-state index contributed by atoms with van der Waals surface area (Å²) in [7, 11) is 1.53. The van der Waals surface area contributed by atoms with Gasteiger partial charge in [-0.3, -0.25) is 0 Å². The molecule has 0 amide bonds. The second kappa shape index (κ2) is 16.7. The van der Waals surface area contributed by atoms with E-state index in [4.69, 9.17) is 15.3 Å². The van der Waals surface area contributed by atoms with Crippen LogP contribution in [0.4, 0.5) is 0 Å². The molecule has 0 radical (unpaired) electrons. The minimum absolute atomic E-state index is 0.0278. The van der Waals surface area contributed by atoms with Crippen LogP contribution in [0, 0.1) is 0 Å². The predicted molar refractivity (Wildman–Crippen MR) is 55.3 cm³/mol. The normalized spacial score (nSPS) is 9.44. The zero-order valence-electron chi connectivity index (χ0n) is 9.42. The van der Waals surface area contributed by atoms with Gasteiger partial charge in [0.05, 0.1) is 39.6 Å².